The van der Waals surface area contributed by atoms with Gasteiger partial charge in [0.1, 0.15) is 16.5 Å². The SMILES string of the molecule is CC1CCc2c(sc3nc(Cc4ccccc4)nc(N4CCN(S(=O)(=O)c5ccc6ccccc6c5)CC4)c23)C1. The maximum absolute atomic E-state index is 13.6. The van der Waals surface area contributed by atoms with Crippen LogP contribution >= 0.6 is 11.3 Å². The summed E-state index contributed by atoms with van der Waals surface area (Å²) in [5, 5.41) is 3.17. The summed E-state index contributed by atoms with van der Waals surface area (Å²) >= 11 is 1.83. The number of sulfonamides is 1. The van der Waals surface area contributed by atoms with Crippen molar-refractivity contribution in [1.82, 2.24) is 14.3 Å². The second-order valence-corrected chi connectivity index (χ2v) is 14.1. The highest BCUT2D eigenvalue weighted by Gasteiger charge is 2.32. The van der Waals surface area contributed by atoms with Gasteiger partial charge in [0.05, 0.1) is 10.3 Å². The number of hydrogen-bond donors (Lipinski definition) is 0. The molecule has 1 aliphatic carbocycles. The molecule has 1 aliphatic heterocycles. The van der Waals surface area contributed by atoms with Gasteiger partial charge in [-0.15, -0.1) is 11.3 Å². The highest BCUT2D eigenvalue weighted by Crippen LogP contribution is 2.41. The van der Waals surface area contributed by atoms with Crippen molar-refractivity contribution in [2.45, 2.75) is 37.5 Å². The van der Waals surface area contributed by atoms with Crippen LogP contribution in [0.15, 0.2) is 77.7 Å². The molecule has 3 heterocycles. The number of benzene rings is 3. The maximum Gasteiger partial charge on any atom is 0.243 e. The summed E-state index contributed by atoms with van der Waals surface area (Å²) in [6, 6.07) is 23.6. The van der Waals surface area contributed by atoms with Crippen molar-refractivity contribution >= 4 is 48.2 Å². The average Bonchev–Trinajstić information content (AvgIpc) is 3.34. The molecule has 1 unspecified atom stereocenters. The van der Waals surface area contributed by atoms with Gasteiger partial charge in [-0.05, 0) is 59.2 Å². The molecule has 5 aromatic rings. The van der Waals surface area contributed by atoms with Gasteiger partial charge >= 0.3 is 0 Å². The first-order valence-electron chi connectivity index (χ1n) is 14.0. The fraction of sp³-hybridized carbons (Fsp3) is 0.312. The number of anilines is 1. The second-order valence-electron chi connectivity index (χ2n) is 11.1. The molecule has 0 radical (unpaired) electrons. The number of aryl methyl sites for hydroxylation is 1. The lowest BCUT2D eigenvalue weighted by Gasteiger charge is -2.35. The zero-order chi connectivity index (χ0) is 27.3. The van der Waals surface area contributed by atoms with Gasteiger partial charge in [0.15, 0.2) is 0 Å². The molecule has 204 valence electrons. The van der Waals surface area contributed by atoms with E-state index in [4.69, 9.17) is 9.97 Å². The smallest absolute Gasteiger partial charge is 0.243 e. The van der Waals surface area contributed by atoms with E-state index in [1.165, 1.54) is 27.8 Å². The van der Waals surface area contributed by atoms with Crippen molar-refractivity contribution in [2.75, 3.05) is 31.1 Å². The van der Waals surface area contributed by atoms with Crippen molar-refractivity contribution in [3.05, 3.63) is 94.6 Å². The average molecular weight is 569 g/mol. The Hall–Kier alpha value is -3.33. The molecule has 1 saturated heterocycles. The molecule has 6 nitrogen and oxygen atoms in total. The van der Waals surface area contributed by atoms with Gasteiger partial charge in [-0.3, -0.25) is 0 Å². The third-order valence-corrected chi connectivity index (χ3v) is 11.3. The van der Waals surface area contributed by atoms with Crippen LogP contribution in [0.5, 0.6) is 0 Å². The van der Waals surface area contributed by atoms with Gasteiger partial charge in [0.2, 0.25) is 10.0 Å². The number of thiophene rings is 1. The van der Waals surface area contributed by atoms with Crippen molar-refractivity contribution in [1.29, 1.82) is 0 Å². The van der Waals surface area contributed by atoms with Gasteiger partial charge in [0.25, 0.3) is 0 Å². The molecule has 0 bridgehead atoms. The van der Waals surface area contributed by atoms with E-state index >= 15 is 0 Å². The van der Waals surface area contributed by atoms with Crippen LogP contribution < -0.4 is 4.90 Å². The quantitative estimate of drug-likeness (QED) is 0.257. The normalized spacial score (nSPS) is 18.3. The van der Waals surface area contributed by atoms with Gasteiger partial charge in [-0.25, -0.2) is 18.4 Å². The first kappa shape index (κ1) is 25.6. The summed E-state index contributed by atoms with van der Waals surface area (Å²) in [5.74, 6) is 2.49. The molecular weight excluding hydrogens is 537 g/mol. The lowest BCUT2D eigenvalue weighted by Crippen LogP contribution is -2.49. The fourth-order valence-corrected chi connectivity index (χ4v) is 8.92. The third-order valence-electron chi connectivity index (χ3n) is 8.28. The van der Waals surface area contributed by atoms with Gasteiger partial charge in [-0.1, -0.05) is 67.6 Å². The molecule has 7 rings (SSSR count). The van der Waals surface area contributed by atoms with E-state index in [1.807, 2.05) is 47.7 Å². The maximum atomic E-state index is 13.6. The Kier molecular flexibility index (Phi) is 6.57. The van der Waals surface area contributed by atoms with Crippen LogP contribution in [0.4, 0.5) is 5.82 Å². The molecule has 1 atom stereocenters. The van der Waals surface area contributed by atoms with Gasteiger partial charge in [0, 0.05) is 37.5 Å². The van der Waals surface area contributed by atoms with Crippen molar-refractivity contribution in [3.63, 3.8) is 0 Å². The third kappa shape index (κ3) is 4.68. The Morgan fingerprint density at radius 2 is 1.65 bits per heavy atom. The van der Waals surface area contributed by atoms with E-state index in [9.17, 15) is 8.42 Å². The van der Waals surface area contributed by atoms with Gasteiger partial charge in [-0.2, -0.15) is 4.31 Å². The van der Waals surface area contributed by atoms with Crippen LogP contribution in [0.2, 0.25) is 0 Å². The van der Waals surface area contributed by atoms with E-state index in [0.29, 0.717) is 43.4 Å². The summed E-state index contributed by atoms with van der Waals surface area (Å²) in [4.78, 5) is 15.4. The second kappa shape index (κ2) is 10.3. The molecular formula is C32H32N4O2S2. The molecule has 0 saturated carbocycles. The van der Waals surface area contributed by atoms with E-state index in [1.54, 1.807) is 16.4 Å². The van der Waals surface area contributed by atoms with Crippen LogP contribution in [-0.2, 0) is 29.3 Å². The van der Waals surface area contributed by atoms with Crippen LogP contribution in [0, 0.1) is 5.92 Å². The molecule has 0 N–H and O–H groups in total. The minimum Gasteiger partial charge on any atom is -0.353 e. The monoisotopic (exact) mass is 568 g/mol. The minimum absolute atomic E-state index is 0.357. The Balaban J connectivity index is 1.20. The minimum atomic E-state index is -3.58. The predicted octanol–water partition coefficient (Wildman–Crippen LogP) is 6.07. The topological polar surface area (TPSA) is 66.4 Å². The highest BCUT2D eigenvalue weighted by molar-refractivity contribution is 7.89. The van der Waals surface area contributed by atoms with Crippen molar-refractivity contribution in [2.24, 2.45) is 5.92 Å². The van der Waals surface area contributed by atoms with Crippen molar-refractivity contribution < 1.29 is 8.42 Å². The van der Waals surface area contributed by atoms with Crippen LogP contribution in [-0.4, -0.2) is 48.9 Å². The van der Waals surface area contributed by atoms with Crippen molar-refractivity contribution in [3.8, 4) is 0 Å². The Bertz CT molecular complexity index is 1810. The summed E-state index contributed by atoms with van der Waals surface area (Å²) in [7, 11) is -3.58. The number of aromatic nitrogens is 2. The standard InChI is InChI=1S/C32H32N4O2S2/c1-22-11-14-27-28(19-22)39-32-30(27)31(33-29(34-32)20-23-7-3-2-4-8-23)35-15-17-36(18-16-35)40(37,38)26-13-12-24-9-5-6-10-25(24)21-26/h2-10,12-13,21-22H,11,14-20H2,1H3. The Labute approximate surface area is 239 Å². The van der Waals surface area contributed by atoms with Crippen LogP contribution in [0.3, 0.4) is 0 Å². The Morgan fingerprint density at radius 1 is 0.900 bits per heavy atom. The summed E-state index contributed by atoms with van der Waals surface area (Å²) < 4.78 is 28.8. The number of piperazine rings is 1. The first-order chi connectivity index (χ1) is 19.5. The molecule has 1 fully saturated rings. The number of fused-ring (bicyclic) bond motifs is 4. The number of nitrogens with zero attached hydrogens (tertiary/aromatic N) is 4. The molecule has 8 heteroatoms. The molecule has 0 spiro atoms. The van der Waals surface area contributed by atoms with E-state index in [0.717, 1.165) is 40.1 Å². The van der Waals surface area contributed by atoms with E-state index < -0.39 is 10.0 Å². The zero-order valence-electron chi connectivity index (χ0n) is 22.6. The highest BCUT2D eigenvalue weighted by atomic mass is 32.2. The zero-order valence-corrected chi connectivity index (χ0v) is 24.2. The summed E-state index contributed by atoms with van der Waals surface area (Å²) in [6.07, 6.45) is 4.02. The predicted molar refractivity (Wildman–Crippen MR) is 163 cm³/mol. The van der Waals surface area contributed by atoms with E-state index in [-0.39, 0.29) is 0 Å². The molecule has 2 aliphatic rings. The first-order valence-corrected chi connectivity index (χ1v) is 16.3. The molecule has 3 aromatic carbocycles. The lowest BCUT2D eigenvalue weighted by molar-refractivity contribution is 0.384. The number of rotatable bonds is 5. The number of hydrogen-bond acceptors (Lipinski definition) is 6. The molecule has 0 amide bonds. The van der Waals surface area contributed by atoms with Crippen LogP contribution in [0.1, 0.15) is 35.2 Å². The molecule has 2 aromatic heterocycles. The fourth-order valence-electron chi connectivity index (χ4n) is 6.07. The lowest BCUT2D eigenvalue weighted by atomic mass is 9.89. The van der Waals surface area contributed by atoms with E-state index in [2.05, 4.69) is 36.1 Å². The summed E-state index contributed by atoms with van der Waals surface area (Å²) in [5.41, 5.74) is 2.60. The summed E-state index contributed by atoms with van der Waals surface area (Å²) in [6.45, 7) is 4.39. The Morgan fingerprint density at radius 3 is 2.45 bits per heavy atom. The molecule has 40 heavy (non-hydrogen) atoms. The van der Waals surface area contributed by atoms with Crippen LogP contribution in [0.25, 0.3) is 21.0 Å². The van der Waals surface area contributed by atoms with Gasteiger partial charge < -0.3 is 4.90 Å². The largest absolute Gasteiger partial charge is 0.353 e.